The second kappa shape index (κ2) is 9.01. The average molecular weight is 435 g/mol. The van der Waals surface area contributed by atoms with Crippen molar-refractivity contribution < 1.29 is 24.0 Å². The van der Waals surface area contributed by atoms with Gasteiger partial charge in [-0.2, -0.15) is 0 Å². The van der Waals surface area contributed by atoms with E-state index in [0.717, 1.165) is 36.1 Å². The predicted molar refractivity (Wildman–Crippen MR) is 114 cm³/mol. The van der Waals surface area contributed by atoms with Crippen LogP contribution in [0.1, 0.15) is 36.8 Å². The molecule has 9 heteroatoms. The maximum absolute atomic E-state index is 13.0. The summed E-state index contributed by atoms with van der Waals surface area (Å²) >= 11 is 0. The van der Waals surface area contributed by atoms with Gasteiger partial charge in [0.25, 0.3) is 17.5 Å². The summed E-state index contributed by atoms with van der Waals surface area (Å²) < 4.78 is 5.85. The Morgan fingerprint density at radius 2 is 1.75 bits per heavy atom. The average Bonchev–Trinajstić information content (AvgIpc) is 3.30. The summed E-state index contributed by atoms with van der Waals surface area (Å²) in [6.45, 7) is 0.144. The number of nitro groups is 1. The first-order valence-corrected chi connectivity index (χ1v) is 10.3. The Bertz CT molecular complexity index is 1100. The summed E-state index contributed by atoms with van der Waals surface area (Å²) in [6, 6.07) is 12.0. The van der Waals surface area contributed by atoms with Crippen molar-refractivity contribution in [3.8, 4) is 5.75 Å². The molecule has 4 rings (SSSR count). The van der Waals surface area contributed by atoms with E-state index in [4.69, 9.17) is 4.74 Å². The number of carbonyl (C=O) groups excluding carboxylic acids is 3. The van der Waals surface area contributed by atoms with E-state index in [9.17, 15) is 24.5 Å². The lowest BCUT2D eigenvalue weighted by Crippen LogP contribution is -2.57. The van der Waals surface area contributed by atoms with Crippen molar-refractivity contribution in [3.63, 3.8) is 0 Å². The number of imide groups is 2. The maximum Gasteiger partial charge on any atom is 0.331 e. The number of hydrogen-bond acceptors (Lipinski definition) is 6. The Labute approximate surface area is 183 Å². The van der Waals surface area contributed by atoms with Crippen LogP contribution in [0.4, 0.5) is 10.5 Å². The second-order valence-corrected chi connectivity index (χ2v) is 7.68. The SMILES string of the molecule is O=C1NC(=O)N(C2CCCC2)C(=O)/C1=C/c1ccccc1OCc1ccc([N+](=O)[O-])cc1. The Morgan fingerprint density at radius 1 is 1.06 bits per heavy atom. The molecule has 4 amide bonds. The highest BCUT2D eigenvalue weighted by Crippen LogP contribution is 2.29. The Morgan fingerprint density at radius 3 is 2.44 bits per heavy atom. The quantitative estimate of drug-likeness (QED) is 0.321. The Balaban J connectivity index is 1.55. The van der Waals surface area contributed by atoms with Gasteiger partial charge in [0.05, 0.1) is 4.92 Å². The van der Waals surface area contributed by atoms with Gasteiger partial charge in [-0.25, -0.2) is 4.79 Å². The normalized spacial score (nSPS) is 18.2. The van der Waals surface area contributed by atoms with E-state index < -0.39 is 22.8 Å². The molecule has 164 valence electrons. The molecule has 2 aromatic rings. The summed E-state index contributed by atoms with van der Waals surface area (Å²) in [4.78, 5) is 49.1. The van der Waals surface area contributed by atoms with Crippen molar-refractivity contribution >= 4 is 29.6 Å². The number of ether oxygens (including phenoxy) is 1. The fourth-order valence-corrected chi connectivity index (χ4v) is 3.93. The van der Waals surface area contributed by atoms with Gasteiger partial charge in [0.15, 0.2) is 0 Å². The predicted octanol–water partition coefficient (Wildman–Crippen LogP) is 3.58. The number of carbonyl (C=O) groups is 3. The van der Waals surface area contributed by atoms with E-state index in [-0.39, 0.29) is 23.9 Å². The van der Waals surface area contributed by atoms with Crippen LogP contribution in [0.5, 0.6) is 5.75 Å². The molecule has 2 aliphatic rings. The zero-order valence-corrected chi connectivity index (χ0v) is 17.2. The molecule has 2 fully saturated rings. The molecule has 1 heterocycles. The van der Waals surface area contributed by atoms with E-state index in [0.29, 0.717) is 11.3 Å². The third-order valence-electron chi connectivity index (χ3n) is 5.58. The molecule has 9 nitrogen and oxygen atoms in total. The van der Waals surface area contributed by atoms with Crippen LogP contribution in [-0.4, -0.2) is 33.7 Å². The molecule has 0 spiro atoms. The number of nitrogens with one attached hydrogen (secondary N) is 1. The number of nitro benzene ring substituents is 1. The molecule has 0 bridgehead atoms. The molecule has 1 saturated carbocycles. The molecule has 0 radical (unpaired) electrons. The number of benzene rings is 2. The number of non-ortho nitro benzene ring substituents is 1. The Hall–Kier alpha value is -4.01. The van der Waals surface area contributed by atoms with Crippen LogP contribution in [0.2, 0.25) is 0 Å². The minimum atomic E-state index is -0.737. The lowest BCUT2D eigenvalue weighted by molar-refractivity contribution is -0.384. The van der Waals surface area contributed by atoms with Crippen molar-refractivity contribution in [2.75, 3.05) is 0 Å². The number of barbiturate groups is 1. The Kier molecular flexibility index (Phi) is 5.98. The lowest BCUT2D eigenvalue weighted by atomic mass is 10.0. The maximum atomic E-state index is 13.0. The topological polar surface area (TPSA) is 119 Å². The van der Waals surface area contributed by atoms with Crippen molar-refractivity contribution in [2.24, 2.45) is 0 Å². The van der Waals surface area contributed by atoms with Crippen LogP contribution in [0.25, 0.3) is 6.08 Å². The van der Waals surface area contributed by atoms with Crippen LogP contribution >= 0.6 is 0 Å². The molecular weight excluding hydrogens is 414 g/mol. The van der Waals surface area contributed by atoms with Crippen molar-refractivity contribution in [3.05, 3.63) is 75.3 Å². The van der Waals surface area contributed by atoms with Gasteiger partial charge < -0.3 is 4.74 Å². The lowest BCUT2D eigenvalue weighted by Gasteiger charge is -2.31. The summed E-state index contributed by atoms with van der Waals surface area (Å²) in [5.74, 6) is -0.904. The molecule has 1 aliphatic carbocycles. The van der Waals surface area contributed by atoms with E-state index in [1.807, 2.05) is 0 Å². The number of hydrogen-bond donors (Lipinski definition) is 1. The van der Waals surface area contributed by atoms with Crippen molar-refractivity contribution in [1.82, 2.24) is 10.2 Å². The van der Waals surface area contributed by atoms with Crippen molar-refractivity contribution in [2.45, 2.75) is 38.3 Å². The molecule has 0 atom stereocenters. The van der Waals surface area contributed by atoms with Crippen molar-refractivity contribution in [1.29, 1.82) is 0 Å². The molecule has 0 aromatic heterocycles. The largest absolute Gasteiger partial charge is 0.488 e. The number of urea groups is 1. The molecule has 2 aromatic carbocycles. The van der Waals surface area contributed by atoms with Crippen LogP contribution in [0.15, 0.2) is 54.1 Å². The monoisotopic (exact) mass is 435 g/mol. The fraction of sp³-hybridized carbons (Fsp3) is 0.261. The smallest absolute Gasteiger partial charge is 0.331 e. The molecule has 1 saturated heterocycles. The summed E-state index contributed by atoms with van der Waals surface area (Å²) in [5.41, 5.74) is 1.10. The van der Waals surface area contributed by atoms with E-state index in [1.54, 1.807) is 36.4 Å². The third kappa shape index (κ3) is 4.36. The van der Waals surface area contributed by atoms with Gasteiger partial charge in [-0.05, 0) is 42.7 Å². The van der Waals surface area contributed by atoms with Gasteiger partial charge in [0, 0.05) is 23.7 Å². The van der Waals surface area contributed by atoms with Crippen LogP contribution in [0.3, 0.4) is 0 Å². The van der Waals surface area contributed by atoms with Gasteiger partial charge in [0.2, 0.25) is 0 Å². The molecule has 32 heavy (non-hydrogen) atoms. The van der Waals surface area contributed by atoms with Crippen LogP contribution < -0.4 is 10.1 Å². The highest BCUT2D eigenvalue weighted by molar-refractivity contribution is 6.31. The summed E-state index contributed by atoms with van der Waals surface area (Å²) in [7, 11) is 0. The second-order valence-electron chi connectivity index (χ2n) is 7.68. The number of nitrogens with zero attached hydrogens (tertiary/aromatic N) is 2. The zero-order chi connectivity index (χ0) is 22.7. The molecular formula is C23H21N3O6. The first kappa shape index (κ1) is 21.2. The minimum absolute atomic E-state index is 0.0120. The fourth-order valence-electron chi connectivity index (χ4n) is 3.93. The molecule has 1 aliphatic heterocycles. The van der Waals surface area contributed by atoms with Gasteiger partial charge in [-0.3, -0.25) is 29.9 Å². The van der Waals surface area contributed by atoms with Crippen LogP contribution in [0, 0.1) is 10.1 Å². The number of rotatable bonds is 6. The van der Waals surface area contributed by atoms with E-state index in [1.165, 1.54) is 18.2 Å². The van der Waals surface area contributed by atoms with Crippen LogP contribution in [-0.2, 0) is 16.2 Å². The van der Waals surface area contributed by atoms with Gasteiger partial charge in [0.1, 0.15) is 17.9 Å². The van der Waals surface area contributed by atoms with E-state index in [2.05, 4.69) is 5.32 Å². The minimum Gasteiger partial charge on any atom is -0.488 e. The highest BCUT2D eigenvalue weighted by atomic mass is 16.6. The standard InChI is InChI=1S/C23H21N3O6/c27-21-19(22(28)25(23(29)24-21)17-6-2-3-7-17)13-16-5-1-4-8-20(16)32-14-15-9-11-18(12-10-15)26(30)31/h1,4-5,8-13,17H,2-3,6-7,14H2,(H,24,27,29)/b19-13+. The number of para-hydroxylation sites is 1. The first-order valence-electron chi connectivity index (χ1n) is 10.3. The third-order valence-corrected chi connectivity index (χ3v) is 5.58. The highest BCUT2D eigenvalue weighted by Gasteiger charge is 2.40. The van der Waals surface area contributed by atoms with Gasteiger partial charge in [-0.1, -0.05) is 31.0 Å². The van der Waals surface area contributed by atoms with Gasteiger partial charge >= 0.3 is 6.03 Å². The summed E-state index contributed by atoms with van der Waals surface area (Å²) in [5, 5.41) is 13.1. The molecule has 1 N–H and O–H groups in total. The molecule has 0 unspecified atom stereocenters. The zero-order valence-electron chi connectivity index (χ0n) is 17.2. The number of amides is 4. The van der Waals surface area contributed by atoms with Gasteiger partial charge in [-0.15, -0.1) is 0 Å². The van der Waals surface area contributed by atoms with E-state index >= 15 is 0 Å². The summed E-state index contributed by atoms with van der Waals surface area (Å²) in [6.07, 6.45) is 4.77. The first-order chi connectivity index (χ1) is 15.4.